The predicted octanol–water partition coefficient (Wildman–Crippen LogP) is 7.28. The highest BCUT2D eigenvalue weighted by Crippen LogP contribution is 2.25. The summed E-state index contributed by atoms with van der Waals surface area (Å²) in [6.45, 7) is 23.8. The topological polar surface area (TPSA) is 65.7 Å². The van der Waals surface area contributed by atoms with E-state index >= 15 is 0 Å². The molecule has 0 amide bonds. The number of allylic oxidation sites excluding steroid dienone is 6. The third-order valence-electron chi connectivity index (χ3n) is 6.54. The van der Waals surface area contributed by atoms with E-state index in [2.05, 4.69) is 107 Å². The van der Waals surface area contributed by atoms with Gasteiger partial charge >= 0.3 is 0 Å². The zero-order valence-corrected chi connectivity index (χ0v) is 25.7. The summed E-state index contributed by atoms with van der Waals surface area (Å²) in [5.41, 5.74) is 15.0. The van der Waals surface area contributed by atoms with E-state index in [4.69, 9.17) is 10.7 Å². The largest absolute Gasteiger partial charge is 0.356 e. The molecule has 0 saturated heterocycles. The lowest BCUT2D eigenvalue weighted by Gasteiger charge is -2.28. The van der Waals surface area contributed by atoms with Crippen molar-refractivity contribution in [2.45, 2.75) is 66.7 Å². The molecule has 4 N–H and O–H groups in total. The van der Waals surface area contributed by atoms with E-state index in [1.54, 1.807) is 0 Å². The Labute approximate surface area is 242 Å². The first-order valence-electron chi connectivity index (χ1n) is 13.7. The molecule has 1 aliphatic heterocycles. The maximum Gasteiger partial charge on any atom is 0.153 e. The number of nitrogens with two attached hydrogens (primary N) is 1. The Morgan fingerprint density at radius 3 is 2.42 bits per heavy atom. The predicted molar refractivity (Wildman–Crippen MR) is 174 cm³/mol. The highest BCUT2D eigenvalue weighted by Gasteiger charge is 2.18. The Balaban J connectivity index is 2.31. The minimum absolute atomic E-state index is 0.103. The number of rotatable bonds is 10. The van der Waals surface area contributed by atoms with Gasteiger partial charge in [-0.15, -0.1) is 5.92 Å². The standard InChI is InChI=1S/C35H47N5/c1-11-12-13-14-33(38-28(5)30-17-19-31(20-18-30)35(7,8)9)26(3)23-32-24-40(10)29(6)34(39-32)37-27(4)16-15-25(2)21-22-36/h13-20,24,38H,5-6,21-23,36H2,1-4,7-10H3,(H,37,39)/b14-13-,25-15+,27-16+,33-26+. The van der Waals surface area contributed by atoms with Crippen molar-refractivity contribution >= 4 is 11.5 Å². The minimum Gasteiger partial charge on any atom is -0.356 e. The zero-order chi connectivity index (χ0) is 29.9. The summed E-state index contributed by atoms with van der Waals surface area (Å²) in [5, 5.41) is 7.02. The number of hydrogen-bond donors (Lipinski definition) is 3. The van der Waals surface area contributed by atoms with Crippen molar-refractivity contribution in [3.8, 4) is 11.8 Å². The number of amidine groups is 1. The van der Waals surface area contributed by atoms with Crippen LogP contribution in [-0.2, 0) is 5.41 Å². The molecule has 0 bridgehead atoms. The lowest BCUT2D eigenvalue weighted by Crippen LogP contribution is -2.36. The second-order valence-corrected chi connectivity index (χ2v) is 11.2. The molecule has 40 heavy (non-hydrogen) atoms. The van der Waals surface area contributed by atoms with Crippen molar-refractivity contribution in [1.29, 1.82) is 0 Å². The Bertz CT molecular complexity index is 1330. The Kier molecular flexibility index (Phi) is 12.0. The van der Waals surface area contributed by atoms with Crippen LogP contribution in [0.15, 0.2) is 107 Å². The highest BCUT2D eigenvalue weighted by atomic mass is 15.2. The molecule has 0 aromatic heterocycles. The number of benzene rings is 1. The molecule has 2 rings (SSSR count). The molecule has 0 aliphatic carbocycles. The van der Waals surface area contributed by atoms with E-state index in [0.29, 0.717) is 13.0 Å². The van der Waals surface area contributed by atoms with E-state index in [1.807, 2.05) is 44.0 Å². The van der Waals surface area contributed by atoms with Crippen LogP contribution in [-0.4, -0.2) is 24.3 Å². The van der Waals surface area contributed by atoms with Crippen molar-refractivity contribution in [3.05, 3.63) is 113 Å². The van der Waals surface area contributed by atoms with Crippen LogP contribution in [0, 0.1) is 11.8 Å². The molecule has 0 unspecified atom stereocenters. The van der Waals surface area contributed by atoms with E-state index in [-0.39, 0.29) is 5.41 Å². The van der Waals surface area contributed by atoms with Gasteiger partial charge in [-0.2, -0.15) is 0 Å². The van der Waals surface area contributed by atoms with Crippen molar-refractivity contribution in [2.75, 3.05) is 13.6 Å². The molecule has 0 spiro atoms. The molecule has 0 radical (unpaired) electrons. The van der Waals surface area contributed by atoms with Crippen molar-refractivity contribution in [1.82, 2.24) is 15.5 Å². The zero-order valence-electron chi connectivity index (χ0n) is 25.7. The summed E-state index contributed by atoms with van der Waals surface area (Å²) in [4.78, 5) is 6.81. The van der Waals surface area contributed by atoms with Crippen LogP contribution in [0.1, 0.15) is 72.4 Å². The van der Waals surface area contributed by atoms with Gasteiger partial charge < -0.3 is 21.3 Å². The van der Waals surface area contributed by atoms with Gasteiger partial charge in [-0.25, -0.2) is 4.99 Å². The van der Waals surface area contributed by atoms with Gasteiger partial charge in [-0.05, 0) is 81.0 Å². The third-order valence-corrected chi connectivity index (χ3v) is 6.54. The fraction of sp³-hybridized carbons (Fsp3) is 0.343. The lowest BCUT2D eigenvalue weighted by atomic mass is 9.86. The SMILES string of the molecule is C=C(NC(/C=C\C#CC)=C(\C)CC1=CN(C)C(=C)C(=N/C(C)=C/C=C(\C)CCN)N1)c1ccc(C(C)(C)C)cc1. The molecular weight excluding hydrogens is 490 g/mol. The minimum atomic E-state index is 0.103. The number of likely N-dealkylation sites (N-methyl/N-ethyl adjacent to an activating group) is 1. The van der Waals surface area contributed by atoms with Crippen molar-refractivity contribution in [2.24, 2.45) is 10.7 Å². The Morgan fingerprint density at radius 2 is 1.82 bits per heavy atom. The van der Waals surface area contributed by atoms with Gasteiger partial charge in [0.05, 0.1) is 5.70 Å². The Morgan fingerprint density at radius 1 is 1.15 bits per heavy atom. The average Bonchev–Trinajstić information content (AvgIpc) is 2.89. The average molecular weight is 538 g/mol. The van der Waals surface area contributed by atoms with Crippen LogP contribution < -0.4 is 16.4 Å². The fourth-order valence-electron chi connectivity index (χ4n) is 3.99. The summed E-state index contributed by atoms with van der Waals surface area (Å²) in [6.07, 6.45) is 11.6. The van der Waals surface area contributed by atoms with E-state index in [9.17, 15) is 0 Å². The third kappa shape index (κ3) is 9.94. The number of nitrogens with one attached hydrogen (secondary N) is 2. The van der Waals surface area contributed by atoms with Gasteiger partial charge in [0.1, 0.15) is 0 Å². The number of nitrogens with zero attached hydrogens (tertiary/aromatic N) is 2. The van der Waals surface area contributed by atoms with Crippen molar-refractivity contribution in [3.63, 3.8) is 0 Å². The molecule has 1 heterocycles. The smallest absolute Gasteiger partial charge is 0.153 e. The first kappa shape index (κ1) is 32.2. The first-order chi connectivity index (χ1) is 18.8. The van der Waals surface area contributed by atoms with Gasteiger partial charge in [0, 0.05) is 42.5 Å². The monoisotopic (exact) mass is 537 g/mol. The molecule has 5 nitrogen and oxygen atoms in total. The maximum atomic E-state index is 5.66. The number of aliphatic imine (C=N–C) groups is 1. The van der Waals surface area contributed by atoms with E-state index in [0.717, 1.165) is 51.9 Å². The van der Waals surface area contributed by atoms with Gasteiger partial charge in [0.2, 0.25) is 0 Å². The molecule has 0 atom stereocenters. The molecule has 5 heteroatoms. The molecule has 1 aliphatic rings. The van der Waals surface area contributed by atoms with Crippen LogP contribution in [0.4, 0.5) is 0 Å². The summed E-state index contributed by atoms with van der Waals surface area (Å²) in [5.74, 6) is 6.68. The van der Waals surface area contributed by atoms with Gasteiger partial charge in [0.15, 0.2) is 5.84 Å². The summed E-state index contributed by atoms with van der Waals surface area (Å²) in [7, 11) is 1.99. The molecular formula is C35H47N5. The summed E-state index contributed by atoms with van der Waals surface area (Å²) in [6, 6.07) is 8.58. The van der Waals surface area contributed by atoms with Crippen LogP contribution in [0.25, 0.3) is 5.70 Å². The van der Waals surface area contributed by atoms with Crippen molar-refractivity contribution < 1.29 is 0 Å². The number of hydrogen-bond acceptors (Lipinski definition) is 4. The van der Waals surface area contributed by atoms with Gasteiger partial charge in [0.25, 0.3) is 0 Å². The van der Waals surface area contributed by atoms with Crippen LogP contribution in [0.5, 0.6) is 0 Å². The van der Waals surface area contributed by atoms with Gasteiger partial charge in [-0.1, -0.05) is 75.8 Å². The molecule has 1 aromatic rings. The highest BCUT2D eigenvalue weighted by molar-refractivity contribution is 6.00. The summed E-state index contributed by atoms with van der Waals surface area (Å²) < 4.78 is 0. The van der Waals surface area contributed by atoms with Crippen LogP contribution in [0.3, 0.4) is 0 Å². The summed E-state index contributed by atoms with van der Waals surface area (Å²) >= 11 is 0. The lowest BCUT2D eigenvalue weighted by molar-refractivity contribution is 0.568. The molecule has 0 fully saturated rings. The van der Waals surface area contributed by atoms with Crippen LogP contribution >= 0.6 is 0 Å². The first-order valence-corrected chi connectivity index (χ1v) is 13.7. The molecule has 0 saturated carbocycles. The van der Waals surface area contributed by atoms with Gasteiger partial charge in [-0.3, -0.25) is 0 Å². The van der Waals surface area contributed by atoms with Crippen LogP contribution in [0.2, 0.25) is 0 Å². The molecule has 1 aromatic carbocycles. The maximum absolute atomic E-state index is 5.66. The normalized spacial score (nSPS) is 16.3. The fourth-order valence-corrected chi connectivity index (χ4v) is 3.99. The quantitative estimate of drug-likeness (QED) is 0.217. The van der Waals surface area contributed by atoms with E-state index in [1.165, 1.54) is 11.1 Å². The molecule has 212 valence electrons. The Hall–Kier alpha value is -4.01. The van der Waals surface area contributed by atoms with E-state index < -0.39 is 0 Å². The second-order valence-electron chi connectivity index (χ2n) is 11.2. The second kappa shape index (κ2) is 15.0.